The Kier molecular flexibility index (Phi) is 4.30. The molecule has 7 heteroatoms. The average Bonchev–Trinajstić information content (AvgIpc) is 2.78. The molecule has 1 aromatic carbocycles. The highest BCUT2D eigenvalue weighted by Gasteiger charge is 2.39. The Balaban J connectivity index is 2.42. The molecule has 1 amide bonds. The molecule has 22 heavy (non-hydrogen) atoms. The van der Waals surface area contributed by atoms with Crippen LogP contribution in [0.15, 0.2) is 12.1 Å². The van der Waals surface area contributed by atoms with Gasteiger partial charge in [-0.2, -0.15) is 13.2 Å². The average molecular weight is 313 g/mol. The van der Waals surface area contributed by atoms with Crippen molar-refractivity contribution in [2.45, 2.75) is 46.8 Å². The van der Waals surface area contributed by atoms with Crippen LogP contribution in [-0.4, -0.2) is 12.8 Å². The van der Waals surface area contributed by atoms with Crippen LogP contribution in [0.4, 0.5) is 18.9 Å². The lowest BCUT2D eigenvalue weighted by molar-refractivity contribution is -0.138. The minimum absolute atomic E-state index is 0.0555. The van der Waals surface area contributed by atoms with Gasteiger partial charge in [-0.25, -0.2) is 0 Å². The molecule has 1 heterocycles. The molecule has 0 atom stereocenters. The second kappa shape index (κ2) is 5.61. The minimum atomic E-state index is -4.47. The van der Waals surface area contributed by atoms with E-state index in [4.69, 9.17) is 4.65 Å². The van der Waals surface area contributed by atoms with Gasteiger partial charge in [-0.15, -0.1) is 0 Å². The van der Waals surface area contributed by atoms with E-state index in [-0.39, 0.29) is 23.8 Å². The molecule has 0 radical (unpaired) electrons. The highest BCUT2D eigenvalue weighted by Crippen LogP contribution is 2.35. The molecule has 0 unspecified atom stereocenters. The van der Waals surface area contributed by atoms with E-state index < -0.39 is 24.1 Å². The first-order chi connectivity index (χ1) is 10.1. The summed E-state index contributed by atoms with van der Waals surface area (Å²) in [6.45, 7) is 6.61. The predicted octanol–water partition coefficient (Wildman–Crippen LogP) is 3.44. The molecule has 0 spiro atoms. The highest BCUT2D eigenvalue weighted by molar-refractivity contribution is 6.67. The molecule has 3 nitrogen and oxygen atoms in total. The fourth-order valence-corrected chi connectivity index (χ4v) is 2.30. The first kappa shape index (κ1) is 16.9. The van der Waals surface area contributed by atoms with Crippen LogP contribution in [0.5, 0.6) is 0 Å². The maximum absolute atomic E-state index is 13.2. The molecule has 0 fully saturated rings. The van der Waals surface area contributed by atoms with Crippen LogP contribution in [0.2, 0.25) is 6.82 Å². The second-order valence-corrected chi connectivity index (χ2v) is 6.23. The number of hydrogen-bond acceptors (Lipinski definition) is 2. The van der Waals surface area contributed by atoms with Crippen molar-refractivity contribution in [1.29, 1.82) is 0 Å². The molecular weight excluding hydrogens is 294 g/mol. The van der Waals surface area contributed by atoms with Gasteiger partial charge in [0, 0.05) is 11.1 Å². The number of carbonyl (C=O) groups excluding carboxylic acids is 1. The predicted molar refractivity (Wildman–Crippen MR) is 80.2 cm³/mol. The summed E-state index contributed by atoms with van der Waals surface area (Å²) in [4.78, 5) is 12.2. The molecule has 0 saturated heterocycles. The van der Waals surface area contributed by atoms with Crippen LogP contribution in [0.3, 0.4) is 0 Å². The van der Waals surface area contributed by atoms with Crippen LogP contribution >= 0.6 is 0 Å². The minimum Gasteiger partial charge on any atom is -0.427 e. The van der Waals surface area contributed by atoms with Gasteiger partial charge in [0.15, 0.2) is 0 Å². The summed E-state index contributed by atoms with van der Waals surface area (Å²) in [5.41, 5.74) is -0.569. The summed E-state index contributed by atoms with van der Waals surface area (Å²) < 4.78 is 45.0. The summed E-state index contributed by atoms with van der Waals surface area (Å²) >= 11 is 0. The maximum Gasteiger partial charge on any atom is 0.416 e. The lowest BCUT2D eigenvalue weighted by Gasteiger charge is -2.22. The Morgan fingerprint density at radius 2 is 2.00 bits per heavy atom. The van der Waals surface area contributed by atoms with Gasteiger partial charge in [-0.3, -0.25) is 4.79 Å². The van der Waals surface area contributed by atoms with Crippen LogP contribution < -0.4 is 10.8 Å². The maximum atomic E-state index is 13.2. The van der Waals surface area contributed by atoms with E-state index in [9.17, 15) is 18.0 Å². The van der Waals surface area contributed by atoms with Gasteiger partial charge in [0.25, 0.3) is 0 Å². The number of alkyl halides is 3. The van der Waals surface area contributed by atoms with E-state index in [0.29, 0.717) is 11.9 Å². The molecule has 1 aliphatic heterocycles. The summed E-state index contributed by atoms with van der Waals surface area (Å²) in [5.74, 6) is -0.297. The lowest BCUT2D eigenvalue weighted by Crippen LogP contribution is -2.32. The lowest BCUT2D eigenvalue weighted by atomic mass is 9.63. The van der Waals surface area contributed by atoms with Gasteiger partial charge in [0.05, 0.1) is 12.2 Å². The fourth-order valence-electron chi connectivity index (χ4n) is 2.30. The van der Waals surface area contributed by atoms with Gasteiger partial charge < -0.3 is 9.97 Å². The van der Waals surface area contributed by atoms with Gasteiger partial charge in [0.1, 0.15) is 0 Å². The Morgan fingerprint density at radius 1 is 1.36 bits per heavy atom. The van der Waals surface area contributed by atoms with Gasteiger partial charge in [-0.1, -0.05) is 27.6 Å². The molecule has 0 aliphatic carbocycles. The third-order valence-electron chi connectivity index (χ3n) is 4.26. The van der Waals surface area contributed by atoms with Gasteiger partial charge in [0.2, 0.25) is 5.91 Å². The van der Waals surface area contributed by atoms with Crippen molar-refractivity contribution < 1.29 is 22.6 Å². The smallest absolute Gasteiger partial charge is 0.416 e. The molecule has 2 rings (SSSR count). The zero-order valence-corrected chi connectivity index (χ0v) is 13.1. The number of carbonyl (C=O) groups is 1. The topological polar surface area (TPSA) is 38.3 Å². The van der Waals surface area contributed by atoms with Crippen molar-refractivity contribution in [3.05, 3.63) is 23.3 Å². The first-order valence-corrected chi connectivity index (χ1v) is 7.23. The van der Waals surface area contributed by atoms with Gasteiger partial charge in [-0.05, 0) is 29.6 Å². The Morgan fingerprint density at radius 3 is 2.55 bits per heavy atom. The fraction of sp³-hybridized carbons (Fsp3) is 0.533. The van der Waals surface area contributed by atoms with E-state index in [1.807, 2.05) is 6.92 Å². The third-order valence-corrected chi connectivity index (χ3v) is 4.26. The molecule has 1 aromatic rings. The van der Waals surface area contributed by atoms with Crippen molar-refractivity contribution >= 4 is 24.0 Å². The number of fused-ring (bicyclic) bond motifs is 1. The number of rotatable bonds is 3. The van der Waals surface area contributed by atoms with Crippen molar-refractivity contribution in [2.24, 2.45) is 5.41 Å². The second-order valence-electron chi connectivity index (χ2n) is 6.23. The van der Waals surface area contributed by atoms with Crippen molar-refractivity contribution in [3.63, 3.8) is 0 Å². The summed E-state index contributed by atoms with van der Waals surface area (Å²) in [6.07, 6.45) is -3.88. The van der Waals surface area contributed by atoms with Crippen LogP contribution in [0.1, 0.15) is 38.3 Å². The molecule has 1 aliphatic rings. The molecule has 0 saturated carbocycles. The Labute approximate surface area is 128 Å². The molecule has 0 bridgehead atoms. The quantitative estimate of drug-likeness (QED) is 0.868. The SMILES string of the molecule is CCC(C)(C)C(=O)Nc1cc2c(c(C(F)(F)F)c1)COB2C. The van der Waals surface area contributed by atoms with E-state index in [1.54, 1.807) is 26.7 Å². The zero-order chi connectivity index (χ0) is 16.7. The van der Waals surface area contributed by atoms with E-state index >= 15 is 0 Å². The number of anilines is 1. The van der Waals surface area contributed by atoms with E-state index in [1.165, 1.54) is 0 Å². The van der Waals surface area contributed by atoms with Gasteiger partial charge >= 0.3 is 13.1 Å². The van der Waals surface area contributed by atoms with Crippen molar-refractivity contribution in [3.8, 4) is 0 Å². The number of benzene rings is 1. The van der Waals surface area contributed by atoms with E-state index in [2.05, 4.69) is 5.32 Å². The zero-order valence-electron chi connectivity index (χ0n) is 13.1. The van der Waals surface area contributed by atoms with Crippen molar-refractivity contribution in [2.75, 3.05) is 5.32 Å². The van der Waals surface area contributed by atoms with E-state index in [0.717, 1.165) is 6.07 Å². The third kappa shape index (κ3) is 3.14. The Hall–Kier alpha value is -1.50. The first-order valence-electron chi connectivity index (χ1n) is 7.23. The number of halogens is 3. The summed E-state index contributed by atoms with van der Waals surface area (Å²) in [7, 11) is 0. The highest BCUT2D eigenvalue weighted by atomic mass is 19.4. The largest absolute Gasteiger partial charge is 0.427 e. The summed E-state index contributed by atoms with van der Waals surface area (Å²) in [5, 5.41) is 2.60. The standard InChI is InChI=1S/C15H19BF3NO2/c1-5-14(2,3)13(21)20-9-6-11(15(17,18)19)10-8-22-16(4)12(10)7-9/h6-7H,5,8H2,1-4H3,(H,20,21). The molecule has 0 aromatic heterocycles. The van der Waals surface area contributed by atoms with Crippen LogP contribution in [0, 0.1) is 5.41 Å². The number of hydrogen-bond donors (Lipinski definition) is 1. The number of nitrogens with one attached hydrogen (secondary N) is 1. The monoisotopic (exact) mass is 313 g/mol. The van der Waals surface area contributed by atoms with Crippen molar-refractivity contribution in [1.82, 2.24) is 0 Å². The van der Waals surface area contributed by atoms with Crippen LogP contribution in [-0.2, 0) is 22.2 Å². The molecule has 1 N–H and O–H groups in total. The van der Waals surface area contributed by atoms with Crippen LogP contribution in [0.25, 0.3) is 0 Å². The normalized spacial score (nSPS) is 15.0. The molecular formula is C15H19BF3NO2. The number of amides is 1. The molecule has 120 valence electrons. The Bertz CT molecular complexity index is 599. The summed E-state index contributed by atoms with van der Waals surface area (Å²) in [6, 6.07) is 2.57.